The molecular formula is C20H20N4O7. The van der Waals surface area contributed by atoms with Crippen molar-refractivity contribution < 1.29 is 19.7 Å². The Balaban J connectivity index is 1.50. The van der Waals surface area contributed by atoms with Gasteiger partial charge in [-0.1, -0.05) is 12.1 Å². The number of aliphatic hydroxyl groups is 2. The maximum atomic E-state index is 12.3. The summed E-state index contributed by atoms with van der Waals surface area (Å²) >= 11 is 0. The highest BCUT2D eigenvalue weighted by Crippen LogP contribution is 2.19. The maximum Gasteiger partial charge on any atom is 0.328 e. The van der Waals surface area contributed by atoms with Crippen LogP contribution in [0.3, 0.4) is 0 Å². The lowest BCUT2D eigenvalue weighted by Crippen LogP contribution is -2.60. The topological polar surface area (TPSA) is 167 Å². The molecule has 11 heteroatoms. The van der Waals surface area contributed by atoms with Gasteiger partial charge in [-0.25, -0.2) is 4.79 Å². The van der Waals surface area contributed by atoms with E-state index in [2.05, 4.69) is 15.3 Å². The molecule has 4 atom stereocenters. The summed E-state index contributed by atoms with van der Waals surface area (Å²) in [6, 6.07) is 8.13. The Labute approximate surface area is 173 Å². The van der Waals surface area contributed by atoms with E-state index >= 15 is 0 Å². The fourth-order valence-electron chi connectivity index (χ4n) is 3.58. The molecule has 2 aromatic heterocycles. The first-order chi connectivity index (χ1) is 14.8. The van der Waals surface area contributed by atoms with Gasteiger partial charge >= 0.3 is 5.69 Å². The first kappa shape index (κ1) is 20.7. The average Bonchev–Trinajstić information content (AvgIpc) is 2.76. The minimum atomic E-state index is -1.41. The number of rotatable bonds is 4. The summed E-state index contributed by atoms with van der Waals surface area (Å²) in [6.45, 7) is -0.233. The number of nitrogens with one attached hydrogen (secondary N) is 3. The molecule has 0 bridgehead atoms. The highest BCUT2D eigenvalue weighted by Gasteiger charge is 2.39. The third-order valence-electron chi connectivity index (χ3n) is 5.26. The molecule has 31 heavy (non-hydrogen) atoms. The molecule has 0 saturated carbocycles. The Bertz CT molecular complexity index is 1270. The summed E-state index contributed by atoms with van der Waals surface area (Å²) in [5.41, 5.74) is -1.000. The summed E-state index contributed by atoms with van der Waals surface area (Å²) in [4.78, 5) is 52.4. The van der Waals surface area contributed by atoms with Crippen LogP contribution in [0.2, 0.25) is 0 Å². The van der Waals surface area contributed by atoms with Crippen LogP contribution in [-0.2, 0) is 11.3 Å². The van der Waals surface area contributed by atoms with E-state index in [-0.39, 0.29) is 24.3 Å². The van der Waals surface area contributed by atoms with Gasteiger partial charge in [-0.15, -0.1) is 0 Å². The molecule has 3 heterocycles. The van der Waals surface area contributed by atoms with Crippen molar-refractivity contribution in [1.29, 1.82) is 0 Å². The van der Waals surface area contributed by atoms with Crippen LogP contribution in [0, 0.1) is 0 Å². The number of carbonyl (C=O) groups is 1. The smallest absolute Gasteiger partial charge is 0.328 e. The number of carbonyl (C=O) groups excluding carboxylic acids is 1. The maximum absolute atomic E-state index is 12.3. The number of amides is 1. The van der Waals surface area contributed by atoms with Gasteiger partial charge in [0.1, 0.15) is 18.3 Å². The predicted octanol–water partition coefficient (Wildman–Crippen LogP) is -1.70. The largest absolute Gasteiger partial charge is 0.388 e. The summed E-state index contributed by atoms with van der Waals surface area (Å²) in [6.07, 6.45) is -2.49. The molecule has 0 aliphatic carbocycles. The standard InChI is InChI=1S/C20H20N4O7/c25-15-6-5-10(7-21-15)18(28)22-12-9-31-14(17(27)16(12)26)8-24-13-4-2-1-3-11(13)19(29)23-20(24)30/h1-7,12,14,16-17,26-27H,8-9H2,(H,21,25)(H,22,28)(H,23,29,30)/t12-,14-,16+,17-/m1/s1. The van der Waals surface area contributed by atoms with Crippen LogP contribution in [0.1, 0.15) is 10.4 Å². The van der Waals surface area contributed by atoms with Gasteiger partial charge in [-0.2, -0.15) is 0 Å². The number of pyridine rings is 1. The van der Waals surface area contributed by atoms with Crippen molar-refractivity contribution in [3.8, 4) is 0 Å². The van der Waals surface area contributed by atoms with Crippen molar-refractivity contribution in [3.05, 3.63) is 79.4 Å². The highest BCUT2D eigenvalue weighted by molar-refractivity contribution is 5.94. The van der Waals surface area contributed by atoms with Gasteiger partial charge in [0.05, 0.1) is 35.7 Å². The highest BCUT2D eigenvalue weighted by atomic mass is 16.5. The average molecular weight is 428 g/mol. The van der Waals surface area contributed by atoms with Gasteiger partial charge in [0.2, 0.25) is 5.56 Å². The number of para-hydroxylation sites is 1. The van der Waals surface area contributed by atoms with Gasteiger partial charge in [0, 0.05) is 12.3 Å². The fourth-order valence-corrected chi connectivity index (χ4v) is 3.58. The lowest BCUT2D eigenvalue weighted by Gasteiger charge is -2.38. The van der Waals surface area contributed by atoms with E-state index in [0.717, 1.165) is 0 Å². The molecule has 0 unspecified atom stereocenters. The third-order valence-corrected chi connectivity index (χ3v) is 5.26. The van der Waals surface area contributed by atoms with Crippen LogP contribution in [0.15, 0.2) is 57.0 Å². The number of hydrogen-bond acceptors (Lipinski definition) is 7. The summed E-state index contributed by atoms with van der Waals surface area (Å²) in [5.74, 6) is -0.558. The van der Waals surface area contributed by atoms with Crippen LogP contribution in [0.25, 0.3) is 10.9 Å². The number of nitrogens with zero attached hydrogens (tertiary/aromatic N) is 1. The summed E-state index contributed by atoms with van der Waals surface area (Å²) in [5, 5.41) is 23.9. The van der Waals surface area contributed by atoms with E-state index in [1.54, 1.807) is 24.3 Å². The Morgan fingerprint density at radius 2 is 1.90 bits per heavy atom. The Kier molecular flexibility index (Phi) is 5.55. The first-order valence-corrected chi connectivity index (χ1v) is 9.54. The van der Waals surface area contributed by atoms with E-state index in [1.807, 2.05) is 0 Å². The zero-order valence-corrected chi connectivity index (χ0v) is 16.1. The molecule has 1 aromatic carbocycles. The third kappa shape index (κ3) is 4.06. The minimum absolute atomic E-state index is 0.116. The van der Waals surface area contributed by atoms with Crippen LogP contribution >= 0.6 is 0 Å². The zero-order valence-electron chi connectivity index (χ0n) is 16.1. The van der Waals surface area contributed by atoms with Gasteiger partial charge in [0.25, 0.3) is 11.5 Å². The molecule has 1 fully saturated rings. The second kappa shape index (κ2) is 8.30. The molecule has 4 rings (SSSR count). The number of aromatic amines is 2. The summed E-state index contributed by atoms with van der Waals surface area (Å²) in [7, 11) is 0. The van der Waals surface area contributed by atoms with Crippen molar-refractivity contribution in [2.24, 2.45) is 0 Å². The predicted molar refractivity (Wildman–Crippen MR) is 109 cm³/mol. The van der Waals surface area contributed by atoms with E-state index in [0.29, 0.717) is 10.9 Å². The van der Waals surface area contributed by atoms with E-state index in [4.69, 9.17) is 4.74 Å². The number of H-pyrrole nitrogens is 2. The number of benzene rings is 1. The van der Waals surface area contributed by atoms with E-state index in [1.165, 1.54) is 22.9 Å². The van der Waals surface area contributed by atoms with Crippen molar-refractivity contribution >= 4 is 16.8 Å². The molecule has 5 N–H and O–H groups in total. The van der Waals surface area contributed by atoms with E-state index < -0.39 is 41.5 Å². The Hall–Kier alpha value is -3.54. The van der Waals surface area contributed by atoms with Crippen molar-refractivity contribution in [3.63, 3.8) is 0 Å². The molecule has 1 saturated heterocycles. The normalized spacial score (nSPS) is 23.5. The number of hydrogen-bond donors (Lipinski definition) is 5. The van der Waals surface area contributed by atoms with Crippen molar-refractivity contribution in [2.45, 2.75) is 30.9 Å². The minimum Gasteiger partial charge on any atom is -0.388 e. The van der Waals surface area contributed by atoms with Crippen LogP contribution in [0.5, 0.6) is 0 Å². The number of ether oxygens (including phenoxy) is 1. The van der Waals surface area contributed by atoms with E-state index in [9.17, 15) is 29.4 Å². The zero-order chi connectivity index (χ0) is 22.1. The Morgan fingerprint density at radius 3 is 2.65 bits per heavy atom. The molecule has 1 aliphatic rings. The fraction of sp³-hybridized carbons (Fsp3) is 0.300. The molecule has 3 aromatic rings. The van der Waals surface area contributed by atoms with Gasteiger partial charge in [0.15, 0.2) is 0 Å². The molecule has 1 amide bonds. The molecule has 162 valence electrons. The van der Waals surface area contributed by atoms with Crippen LogP contribution < -0.4 is 22.1 Å². The Morgan fingerprint density at radius 1 is 1.13 bits per heavy atom. The lowest BCUT2D eigenvalue weighted by molar-refractivity contribution is -0.152. The van der Waals surface area contributed by atoms with Crippen molar-refractivity contribution in [2.75, 3.05) is 6.61 Å². The second-order valence-corrected chi connectivity index (χ2v) is 7.26. The van der Waals surface area contributed by atoms with Crippen molar-refractivity contribution in [1.82, 2.24) is 19.9 Å². The monoisotopic (exact) mass is 428 g/mol. The van der Waals surface area contributed by atoms with Gasteiger partial charge in [-0.3, -0.25) is 23.9 Å². The number of aliphatic hydroxyl groups excluding tert-OH is 2. The SMILES string of the molecule is O=C(N[C@@H]1CO[C@H](Cn2c(=O)[nH]c(=O)c3ccccc32)[C@@H](O)[C@H]1O)c1ccc(=O)[nH]c1. The molecule has 0 spiro atoms. The lowest BCUT2D eigenvalue weighted by atomic mass is 9.97. The number of fused-ring (bicyclic) bond motifs is 1. The molecule has 11 nitrogen and oxygen atoms in total. The van der Waals surface area contributed by atoms with Gasteiger partial charge in [-0.05, 0) is 18.2 Å². The molecule has 1 aliphatic heterocycles. The molecular weight excluding hydrogens is 408 g/mol. The second-order valence-electron chi connectivity index (χ2n) is 7.26. The van der Waals surface area contributed by atoms with Gasteiger partial charge < -0.3 is 25.3 Å². The molecule has 0 radical (unpaired) electrons. The number of aromatic nitrogens is 3. The van der Waals surface area contributed by atoms with Crippen LogP contribution in [0.4, 0.5) is 0 Å². The quantitative estimate of drug-likeness (QED) is 0.330. The van der Waals surface area contributed by atoms with Crippen LogP contribution in [-0.4, -0.2) is 61.6 Å². The first-order valence-electron chi connectivity index (χ1n) is 9.54. The summed E-state index contributed by atoms with van der Waals surface area (Å²) < 4.78 is 6.89.